The maximum Gasteiger partial charge on any atom is 0.233 e. The standard InChI is InChI=1S/C20H28N4O2S/c1-4-23-18(13-26-17-11-6-5-9-15(17)2)21-22-20(23)27-14-19(25)24-12-8-7-10-16(24)3/h5-6,9,11,16H,4,7-8,10,12-14H2,1-3H3. The molecule has 27 heavy (non-hydrogen) atoms. The van der Waals surface area contributed by atoms with Crippen LogP contribution in [0.4, 0.5) is 0 Å². The minimum Gasteiger partial charge on any atom is -0.485 e. The van der Waals surface area contributed by atoms with Crippen molar-refractivity contribution in [2.45, 2.75) is 64.4 Å². The molecule has 1 atom stereocenters. The molecule has 0 radical (unpaired) electrons. The molecule has 1 saturated heterocycles. The van der Waals surface area contributed by atoms with Gasteiger partial charge in [-0.15, -0.1) is 10.2 Å². The molecule has 1 aromatic carbocycles. The van der Waals surface area contributed by atoms with Crippen molar-refractivity contribution in [3.05, 3.63) is 35.7 Å². The van der Waals surface area contributed by atoms with Gasteiger partial charge in [-0.25, -0.2) is 0 Å². The number of hydrogen-bond donors (Lipinski definition) is 0. The van der Waals surface area contributed by atoms with Gasteiger partial charge >= 0.3 is 0 Å². The fourth-order valence-corrected chi connectivity index (χ4v) is 4.30. The number of para-hydroxylation sites is 1. The van der Waals surface area contributed by atoms with Crippen molar-refractivity contribution in [3.8, 4) is 5.75 Å². The van der Waals surface area contributed by atoms with E-state index in [4.69, 9.17) is 4.74 Å². The van der Waals surface area contributed by atoms with E-state index in [0.29, 0.717) is 18.4 Å². The maximum absolute atomic E-state index is 12.6. The summed E-state index contributed by atoms with van der Waals surface area (Å²) >= 11 is 1.46. The van der Waals surface area contributed by atoms with Crippen LogP contribution < -0.4 is 4.74 Å². The highest BCUT2D eigenvalue weighted by Gasteiger charge is 2.24. The Morgan fingerprint density at radius 1 is 1.30 bits per heavy atom. The number of carbonyl (C=O) groups excluding carboxylic acids is 1. The predicted molar refractivity (Wildman–Crippen MR) is 107 cm³/mol. The first-order chi connectivity index (χ1) is 13.1. The van der Waals surface area contributed by atoms with E-state index < -0.39 is 0 Å². The summed E-state index contributed by atoms with van der Waals surface area (Å²) in [5.74, 6) is 2.23. The van der Waals surface area contributed by atoms with Gasteiger partial charge in [0, 0.05) is 19.1 Å². The summed E-state index contributed by atoms with van der Waals surface area (Å²) in [7, 11) is 0. The lowest BCUT2D eigenvalue weighted by molar-refractivity contribution is -0.131. The molecule has 0 spiro atoms. The first-order valence-electron chi connectivity index (χ1n) is 9.63. The van der Waals surface area contributed by atoms with Crippen LogP contribution in [0.15, 0.2) is 29.4 Å². The van der Waals surface area contributed by atoms with Crippen LogP contribution in [0.5, 0.6) is 5.75 Å². The SMILES string of the molecule is CCn1c(COc2ccccc2C)nnc1SCC(=O)N1CCCCC1C. The average molecular weight is 389 g/mol. The lowest BCUT2D eigenvalue weighted by Crippen LogP contribution is -2.43. The summed E-state index contributed by atoms with van der Waals surface area (Å²) < 4.78 is 7.93. The quantitative estimate of drug-likeness (QED) is 0.677. The molecule has 146 valence electrons. The number of likely N-dealkylation sites (tertiary alicyclic amines) is 1. The van der Waals surface area contributed by atoms with Crippen LogP contribution in [0.3, 0.4) is 0 Å². The van der Waals surface area contributed by atoms with Crippen molar-refractivity contribution in [1.29, 1.82) is 0 Å². The first-order valence-corrected chi connectivity index (χ1v) is 10.6. The molecule has 1 aliphatic heterocycles. The van der Waals surface area contributed by atoms with E-state index in [1.54, 1.807) is 0 Å². The number of piperidine rings is 1. The fourth-order valence-electron chi connectivity index (χ4n) is 3.39. The molecule has 1 aliphatic rings. The Hall–Kier alpha value is -2.02. The van der Waals surface area contributed by atoms with Crippen molar-refractivity contribution >= 4 is 17.7 Å². The van der Waals surface area contributed by atoms with E-state index in [1.807, 2.05) is 40.7 Å². The van der Waals surface area contributed by atoms with Gasteiger partial charge in [0.1, 0.15) is 12.4 Å². The number of rotatable bonds is 7. The lowest BCUT2D eigenvalue weighted by Gasteiger charge is -2.33. The zero-order valence-electron chi connectivity index (χ0n) is 16.4. The zero-order valence-corrected chi connectivity index (χ0v) is 17.2. The number of nitrogens with zero attached hydrogens (tertiary/aromatic N) is 4. The summed E-state index contributed by atoms with van der Waals surface area (Å²) in [4.78, 5) is 14.6. The summed E-state index contributed by atoms with van der Waals surface area (Å²) in [5, 5.41) is 9.34. The second kappa shape index (κ2) is 9.26. The summed E-state index contributed by atoms with van der Waals surface area (Å²) in [5.41, 5.74) is 1.09. The zero-order chi connectivity index (χ0) is 19.2. The average Bonchev–Trinajstić information content (AvgIpc) is 3.07. The number of aromatic nitrogens is 3. The van der Waals surface area contributed by atoms with E-state index in [9.17, 15) is 4.79 Å². The Morgan fingerprint density at radius 2 is 2.11 bits per heavy atom. The Morgan fingerprint density at radius 3 is 2.85 bits per heavy atom. The van der Waals surface area contributed by atoms with Gasteiger partial charge in [0.25, 0.3) is 0 Å². The molecule has 1 aromatic heterocycles. The van der Waals surface area contributed by atoms with Crippen LogP contribution >= 0.6 is 11.8 Å². The van der Waals surface area contributed by atoms with Gasteiger partial charge < -0.3 is 14.2 Å². The third-order valence-corrected chi connectivity index (χ3v) is 5.96. The van der Waals surface area contributed by atoms with E-state index in [-0.39, 0.29) is 5.91 Å². The highest BCUT2D eigenvalue weighted by molar-refractivity contribution is 7.99. The summed E-state index contributed by atoms with van der Waals surface area (Å²) in [6.45, 7) is 8.20. The van der Waals surface area contributed by atoms with Gasteiger partial charge in [-0.2, -0.15) is 0 Å². The van der Waals surface area contributed by atoms with Crippen molar-refractivity contribution in [2.75, 3.05) is 12.3 Å². The van der Waals surface area contributed by atoms with Crippen LogP contribution in [-0.2, 0) is 17.9 Å². The molecule has 0 bridgehead atoms. The molecule has 7 heteroatoms. The highest BCUT2D eigenvalue weighted by atomic mass is 32.2. The minimum atomic E-state index is 0.190. The highest BCUT2D eigenvalue weighted by Crippen LogP contribution is 2.23. The normalized spacial score (nSPS) is 17.1. The number of ether oxygens (including phenoxy) is 1. The summed E-state index contributed by atoms with van der Waals surface area (Å²) in [6.07, 6.45) is 3.42. The van der Waals surface area contributed by atoms with Crippen molar-refractivity contribution < 1.29 is 9.53 Å². The molecule has 2 heterocycles. The van der Waals surface area contributed by atoms with Gasteiger partial charge in [0.05, 0.1) is 5.75 Å². The molecule has 6 nitrogen and oxygen atoms in total. The van der Waals surface area contributed by atoms with E-state index in [2.05, 4.69) is 24.0 Å². The smallest absolute Gasteiger partial charge is 0.233 e. The molecule has 0 saturated carbocycles. The minimum absolute atomic E-state index is 0.190. The van der Waals surface area contributed by atoms with Gasteiger partial charge in [-0.1, -0.05) is 30.0 Å². The fraction of sp³-hybridized carbons (Fsp3) is 0.550. The van der Waals surface area contributed by atoms with Gasteiger partial charge in [-0.3, -0.25) is 4.79 Å². The monoisotopic (exact) mass is 388 g/mol. The van der Waals surface area contributed by atoms with Gasteiger partial charge in [0.2, 0.25) is 5.91 Å². The molecular weight excluding hydrogens is 360 g/mol. The molecule has 0 N–H and O–H groups in total. The Balaban J connectivity index is 1.60. The van der Waals surface area contributed by atoms with Gasteiger partial charge in [0.15, 0.2) is 11.0 Å². The number of aryl methyl sites for hydroxylation is 1. The molecule has 3 rings (SSSR count). The Labute approximate surface area is 165 Å². The number of hydrogen-bond acceptors (Lipinski definition) is 5. The second-order valence-electron chi connectivity index (χ2n) is 6.92. The van der Waals surface area contributed by atoms with E-state index in [0.717, 1.165) is 48.2 Å². The lowest BCUT2D eigenvalue weighted by atomic mass is 10.0. The van der Waals surface area contributed by atoms with E-state index in [1.165, 1.54) is 18.2 Å². The molecule has 1 fully saturated rings. The van der Waals surface area contributed by atoms with Crippen molar-refractivity contribution in [3.63, 3.8) is 0 Å². The topological polar surface area (TPSA) is 60.2 Å². The van der Waals surface area contributed by atoms with Crippen LogP contribution in [0, 0.1) is 6.92 Å². The largest absolute Gasteiger partial charge is 0.485 e. The number of carbonyl (C=O) groups is 1. The first kappa shape index (κ1) is 19.7. The third-order valence-electron chi connectivity index (χ3n) is 5.01. The van der Waals surface area contributed by atoms with Crippen LogP contribution in [-0.4, -0.2) is 43.9 Å². The molecular formula is C20H28N4O2S. The number of benzene rings is 1. The molecule has 1 amide bonds. The van der Waals surface area contributed by atoms with Crippen molar-refractivity contribution in [2.24, 2.45) is 0 Å². The Bertz CT molecular complexity index is 777. The van der Waals surface area contributed by atoms with Crippen LogP contribution in [0.25, 0.3) is 0 Å². The molecule has 1 unspecified atom stereocenters. The third kappa shape index (κ3) is 4.83. The van der Waals surface area contributed by atoms with Crippen LogP contribution in [0.1, 0.15) is 44.5 Å². The molecule has 0 aliphatic carbocycles. The Kier molecular flexibility index (Phi) is 6.77. The van der Waals surface area contributed by atoms with Gasteiger partial charge in [-0.05, 0) is 51.7 Å². The number of thioether (sulfide) groups is 1. The van der Waals surface area contributed by atoms with Crippen molar-refractivity contribution in [1.82, 2.24) is 19.7 Å². The predicted octanol–water partition coefficient (Wildman–Crippen LogP) is 3.68. The molecule has 2 aromatic rings. The van der Waals surface area contributed by atoms with E-state index >= 15 is 0 Å². The summed E-state index contributed by atoms with van der Waals surface area (Å²) in [6, 6.07) is 8.27. The number of amides is 1. The second-order valence-corrected chi connectivity index (χ2v) is 7.86. The maximum atomic E-state index is 12.6. The van der Waals surface area contributed by atoms with Crippen LogP contribution in [0.2, 0.25) is 0 Å².